The lowest BCUT2D eigenvalue weighted by Gasteiger charge is -2.17. The minimum atomic E-state index is 0.410. The highest BCUT2D eigenvalue weighted by atomic mass is 79.9. The van der Waals surface area contributed by atoms with E-state index >= 15 is 0 Å². The Bertz CT molecular complexity index is 397. The second-order valence-electron chi connectivity index (χ2n) is 4.84. The van der Waals surface area contributed by atoms with E-state index in [0.717, 1.165) is 32.6 Å². The monoisotopic (exact) mass is 312 g/mol. The first-order chi connectivity index (χ1) is 8.72. The van der Waals surface area contributed by atoms with Crippen molar-refractivity contribution in [3.63, 3.8) is 0 Å². The Balaban J connectivity index is 1.97. The van der Waals surface area contributed by atoms with Gasteiger partial charge >= 0.3 is 0 Å². The third-order valence-electron chi connectivity index (χ3n) is 3.45. The molecule has 1 unspecified atom stereocenters. The van der Waals surface area contributed by atoms with E-state index in [2.05, 4.69) is 44.3 Å². The van der Waals surface area contributed by atoms with Crippen LogP contribution in [0.25, 0.3) is 0 Å². The highest BCUT2D eigenvalue weighted by Crippen LogP contribution is 2.22. The van der Waals surface area contributed by atoms with Crippen LogP contribution in [0, 0.1) is 0 Å². The van der Waals surface area contributed by atoms with Crippen LogP contribution in [0.3, 0.4) is 0 Å². The summed E-state index contributed by atoms with van der Waals surface area (Å²) in [5.41, 5.74) is 2.66. The fourth-order valence-corrected chi connectivity index (χ4v) is 2.96. The van der Waals surface area contributed by atoms with Gasteiger partial charge in [0, 0.05) is 37.8 Å². The molecule has 4 heteroatoms. The molecule has 1 atom stereocenters. The van der Waals surface area contributed by atoms with Crippen LogP contribution in [0.2, 0.25) is 0 Å². The van der Waals surface area contributed by atoms with Crippen molar-refractivity contribution < 1.29 is 4.74 Å². The SMILES string of the molecule is CNCc1ccc(CN2CCC(OC)C2)c(Br)c1. The lowest BCUT2D eigenvalue weighted by molar-refractivity contribution is 0.107. The number of likely N-dealkylation sites (tertiary alicyclic amines) is 1. The maximum absolute atomic E-state index is 5.40. The first kappa shape index (κ1) is 14.0. The van der Waals surface area contributed by atoms with Crippen LogP contribution in [0.4, 0.5) is 0 Å². The van der Waals surface area contributed by atoms with Gasteiger partial charge in [0.15, 0.2) is 0 Å². The molecule has 1 heterocycles. The molecule has 1 aromatic rings. The molecule has 0 aromatic heterocycles. The summed E-state index contributed by atoms with van der Waals surface area (Å²) in [6, 6.07) is 6.62. The molecule has 1 aliphatic rings. The molecular weight excluding hydrogens is 292 g/mol. The fraction of sp³-hybridized carbons (Fsp3) is 0.571. The van der Waals surface area contributed by atoms with Crippen molar-refractivity contribution in [2.45, 2.75) is 25.6 Å². The first-order valence-corrected chi connectivity index (χ1v) is 7.19. The number of nitrogens with one attached hydrogen (secondary N) is 1. The summed E-state index contributed by atoms with van der Waals surface area (Å²) in [5, 5.41) is 3.17. The summed E-state index contributed by atoms with van der Waals surface area (Å²) in [6.07, 6.45) is 1.55. The Labute approximate surface area is 118 Å². The number of hydrogen-bond donors (Lipinski definition) is 1. The van der Waals surface area contributed by atoms with Gasteiger partial charge < -0.3 is 10.1 Å². The lowest BCUT2D eigenvalue weighted by atomic mass is 10.1. The molecular formula is C14H21BrN2O. The van der Waals surface area contributed by atoms with Crippen LogP contribution in [0.5, 0.6) is 0 Å². The summed E-state index contributed by atoms with van der Waals surface area (Å²) in [5.74, 6) is 0. The Hall–Kier alpha value is -0.420. The number of nitrogens with zero attached hydrogens (tertiary/aromatic N) is 1. The number of ether oxygens (including phenoxy) is 1. The lowest BCUT2D eigenvalue weighted by Crippen LogP contribution is -2.22. The molecule has 1 aliphatic heterocycles. The summed E-state index contributed by atoms with van der Waals surface area (Å²) >= 11 is 3.67. The Kier molecular flexibility index (Phi) is 5.18. The largest absolute Gasteiger partial charge is 0.380 e. The number of halogens is 1. The van der Waals surface area contributed by atoms with Crippen molar-refractivity contribution in [2.24, 2.45) is 0 Å². The van der Waals surface area contributed by atoms with Crippen molar-refractivity contribution in [3.8, 4) is 0 Å². The molecule has 1 N–H and O–H groups in total. The van der Waals surface area contributed by atoms with E-state index in [1.807, 2.05) is 7.05 Å². The molecule has 0 radical (unpaired) electrons. The van der Waals surface area contributed by atoms with Gasteiger partial charge in [-0.1, -0.05) is 28.1 Å². The summed E-state index contributed by atoms with van der Waals surface area (Å²) in [4.78, 5) is 2.45. The van der Waals surface area contributed by atoms with E-state index < -0.39 is 0 Å². The van der Waals surface area contributed by atoms with Gasteiger partial charge in [-0.2, -0.15) is 0 Å². The van der Waals surface area contributed by atoms with Gasteiger partial charge in [-0.3, -0.25) is 4.90 Å². The van der Waals surface area contributed by atoms with Gasteiger partial charge in [0.1, 0.15) is 0 Å². The van der Waals surface area contributed by atoms with Crippen molar-refractivity contribution >= 4 is 15.9 Å². The second-order valence-corrected chi connectivity index (χ2v) is 5.69. The van der Waals surface area contributed by atoms with Gasteiger partial charge in [-0.15, -0.1) is 0 Å². The van der Waals surface area contributed by atoms with Crippen molar-refractivity contribution in [3.05, 3.63) is 33.8 Å². The van der Waals surface area contributed by atoms with Crippen LogP contribution >= 0.6 is 15.9 Å². The normalized spacial score (nSPS) is 20.5. The van der Waals surface area contributed by atoms with Gasteiger partial charge in [0.25, 0.3) is 0 Å². The maximum Gasteiger partial charge on any atom is 0.0710 e. The van der Waals surface area contributed by atoms with Gasteiger partial charge in [0.2, 0.25) is 0 Å². The van der Waals surface area contributed by atoms with E-state index in [-0.39, 0.29) is 0 Å². The van der Waals surface area contributed by atoms with Crippen molar-refractivity contribution in [1.82, 2.24) is 10.2 Å². The number of hydrogen-bond acceptors (Lipinski definition) is 3. The van der Waals surface area contributed by atoms with Crippen molar-refractivity contribution in [2.75, 3.05) is 27.2 Å². The maximum atomic E-state index is 5.40. The average molecular weight is 313 g/mol. The fourth-order valence-electron chi connectivity index (χ4n) is 2.41. The minimum Gasteiger partial charge on any atom is -0.380 e. The van der Waals surface area contributed by atoms with Crippen LogP contribution in [-0.4, -0.2) is 38.3 Å². The van der Waals surface area contributed by atoms with Gasteiger partial charge in [-0.05, 0) is 30.7 Å². The zero-order chi connectivity index (χ0) is 13.0. The van der Waals surface area contributed by atoms with Crippen LogP contribution in [0.15, 0.2) is 22.7 Å². The van der Waals surface area contributed by atoms with Gasteiger partial charge in [-0.25, -0.2) is 0 Å². The van der Waals surface area contributed by atoms with Crippen LogP contribution in [0.1, 0.15) is 17.5 Å². The first-order valence-electron chi connectivity index (χ1n) is 6.40. The molecule has 1 fully saturated rings. The molecule has 3 nitrogen and oxygen atoms in total. The van der Waals surface area contributed by atoms with E-state index in [1.165, 1.54) is 15.6 Å². The number of methoxy groups -OCH3 is 1. The van der Waals surface area contributed by atoms with E-state index in [9.17, 15) is 0 Å². The Morgan fingerprint density at radius 1 is 1.50 bits per heavy atom. The second kappa shape index (κ2) is 6.66. The molecule has 2 rings (SSSR count). The zero-order valence-electron chi connectivity index (χ0n) is 11.1. The number of rotatable bonds is 5. The van der Waals surface area contributed by atoms with E-state index in [0.29, 0.717) is 6.10 Å². The minimum absolute atomic E-state index is 0.410. The number of benzene rings is 1. The quantitative estimate of drug-likeness (QED) is 0.903. The third kappa shape index (κ3) is 3.54. The average Bonchev–Trinajstić information content (AvgIpc) is 2.81. The standard InChI is InChI=1S/C14H21BrN2O/c1-16-8-11-3-4-12(14(15)7-11)9-17-6-5-13(10-17)18-2/h3-4,7,13,16H,5-6,8-10H2,1-2H3. The summed E-state index contributed by atoms with van der Waals surface area (Å²) in [6.45, 7) is 4.08. The highest BCUT2D eigenvalue weighted by molar-refractivity contribution is 9.10. The highest BCUT2D eigenvalue weighted by Gasteiger charge is 2.22. The zero-order valence-corrected chi connectivity index (χ0v) is 12.7. The molecule has 1 saturated heterocycles. The van der Waals surface area contributed by atoms with Crippen molar-refractivity contribution in [1.29, 1.82) is 0 Å². The molecule has 0 saturated carbocycles. The predicted molar refractivity (Wildman–Crippen MR) is 77.6 cm³/mol. The van der Waals surface area contributed by atoms with E-state index in [1.54, 1.807) is 7.11 Å². The molecule has 0 aliphatic carbocycles. The predicted octanol–water partition coefficient (Wildman–Crippen LogP) is 2.39. The Morgan fingerprint density at radius 3 is 2.94 bits per heavy atom. The summed E-state index contributed by atoms with van der Waals surface area (Å²) in [7, 11) is 3.77. The summed E-state index contributed by atoms with van der Waals surface area (Å²) < 4.78 is 6.60. The third-order valence-corrected chi connectivity index (χ3v) is 4.19. The Morgan fingerprint density at radius 2 is 2.33 bits per heavy atom. The topological polar surface area (TPSA) is 24.5 Å². The van der Waals surface area contributed by atoms with E-state index in [4.69, 9.17) is 4.74 Å². The molecule has 18 heavy (non-hydrogen) atoms. The van der Waals surface area contributed by atoms with Gasteiger partial charge in [0.05, 0.1) is 6.10 Å². The molecule has 0 bridgehead atoms. The molecule has 0 amide bonds. The van der Waals surface area contributed by atoms with Crippen LogP contribution < -0.4 is 5.32 Å². The molecule has 100 valence electrons. The molecule has 1 aromatic carbocycles. The smallest absolute Gasteiger partial charge is 0.0710 e. The van der Waals surface area contributed by atoms with Crippen LogP contribution in [-0.2, 0) is 17.8 Å². The molecule has 0 spiro atoms.